The standard InChI is InChI=1S/C14H10FN5O/c15-8-1-2-10-9(5-8)11-3-4-18-20(11)6-12-13(14(16)21)17-7-19(10)12/h1-5,7H,6H2,(H2,16,21). The molecular formula is C14H10FN5O. The Morgan fingerprint density at radius 3 is 3.00 bits per heavy atom. The Morgan fingerprint density at radius 1 is 1.33 bits per heavy atom. The van der Waals surface area contributed by atoms with E-state index >= 15 is 0 Å². The molecule has 0 saturated heterocycles. The number of carbonyl (C=O) groups is 1. The SMILES string of the molecule is NC(=O)c1ncn2c1Cn1nccc1-c1cc(F)ccc1-2. The summed E-state index contributed by atoms with van der Waals surface area (Å²) < 4.78 is 17.1. The van der Waals surface area contributed by atoms with Crippen LogP contribution >= 0.6 is 0 Å². The van der Waals surface area contributed by atoms with Crippen LogP contribution in [0.5, 0.6) is 0 Å². The second-order valence-corrected chi connectivity index (χ2v) is 4.81. The molecule has 3 heterocycles. The number of aromatic nitrogens is 4. The van der Waals surface area contributed by atoms with Crippen LogP contribution in [0.15, 0.2) is 36.8 Å². The van der Waals surface area contributed by atoms with Gasteiger partial charge >= 0.3 is 0 Å². The average molecular weight is 283 g/mol. The maximum atomic E-state index is 13.6. The molecule has 0 fully saturated rings. The van der Waals surface area contributed by atoms with Gasteiger partial charge in [0.25, 0.3) is 5.91 Å². The van der Waals surface area contributed by atoms with Crippen molar-refractivity contribution in [2.45, 2.75) is 6.54 Å². The number of imidazole rings is 1. The van der Waals surface area contributed by atoms with Crippen molar-refractivity contribution in [2.24, 2.45) is 5.73 Å². The van der Waals surface area contributed by atoms with E-state index < -0.39 is 5.91 Å². The number of nitrogens with two attached hydrogens (primary N) is 1. The van der Waals surface area contributed by atoms with Gasteiger partial charge in [-0.1, -0.05) is 0 Å². The Labute approximate surface area is 118 Å². The first-order valence-corrected chi connectivity index (χ1v) is 6.33. The second kappa shape index (κ2) is 4.02. The number of amides is 1. The maximum Gasteiger partial charge on any atom is 0.269 e. The van der Waals surface area contributed by atoms with Crippen molar-refractivity contribution in [1.29, 1.82) is 0 Å². The predicted molar refractivity (Wildman–Crippen MR) is 72.4 cm³/mol. The molecule has 4 rings (SSSR count). The van der Waals surface area contributed by atoms with Crippen LogP contribution in [0, 0.1) is 5.82 Å². The van der Waals surface area contributed by atoms with Crippen molar-refractivity contribution in [3.8, 4) is 16.9 Å². The first-order valence-electron chi connectivity index (χ1n) is 6.33. The Hall–Kier alpha value is -2.96. The Balaban J connectivity index is 2.09. The number of rotatable bonds is 1. The van der Waals surface area contributed by atoms with Crippen LogP contribution in [-0.2, 0) is 6.54 Å². The van der Waals surface area contributed by atoms with Crippen LogP contribution < -0.4 is 5.73 Å². The van der Waals surface area contributed by atoms with Gasteiger partial charge in [0.2, 0.25) is 0 Å². The van der Waals surface area contributed by atoms with Gasteiger partial charge in [-0.25, -0.2) is 9.37 Å². The number of hydrogen-bond donors (Lipinski definition) is 1. The lowest BCUT2D eigenvalue weighted by Crippen LogP contribution is -2.16. The van der Waals surface area contributed by atoms with E-state index in [2.05, 4.69) is 10.1 Å². The topological polar surface area (TPSA) is 78.7 Å². The number of benzene rings is 1. The molecule has 0 spiro atoms. The summed E-state index contributed by atoms with van der Waals surface area (Å²) in [5.74, 6) is -0.928. The lowest BCUT2D eigenvalue weighted by atomic mass is 10.1. The van der Waals surface area contributed by atoms with Crippen molar-refractivity contribution in [3.63, 3.8) is 0 Å². The van der Waals surface area contributed by atoms with E-state index in [1.807, 2.05) is 6.07 Å². The normalized spacial score (nSPS) is 12.2. The highest BCUT2D eigenvalue weighted by Gasteiger charge is 2.24. The smallest absolute Gasteiger partial charge is 0.269 e. The largest absolute Gasteiger partial charge is 0.364 e. The van der Waals surface area contributed by atoms with E-state index in [4.69, 9.17) is 5.73 Å². The Morgan fingerprint density at radius 2 is 2.19 bits per heavy atom. The van der Waals surface area contributed by atoms with Crippen LogP contribution in [0.25, 0.3) is 16.9 Å². The quantitative estimate of drug-likeness (QED) is 0.572. The zero-order valence-electron chi connectivity index (χ0n) is 10.8. The lowest BCUT2D eigenvalue weighted by Gasteiger charge is -2.08. The third-order valence-electron chi connectivity index (χ3n) is 3.61. The minimum absolute atomic E-state index is 0.202. The van der Waals surface area contributed by atoms with E-state index in [1.54, 1.807) is 21.5 Å². The zero-order valence-corrected chi connectivity index (χ0v) is 10.8. The summed E-state index contributed by atoms with van der Waals surface area (Å²) in [7, 11) is 0. The molecule has 0 radical (unpaired) electrons. The molecule has 0 aliphatic carbocycles. The molecule has 21 heavy (non-hydrogen) atoms. The molecule has 1 amide bonds. The summed E-state index contributed by atoms with van der Waals surface area (Å²) in [6.07, 6.45) is 3.17. The number of halogens is 1. The van der Waals surface area contributed by atoms with Gasteiger partial charge in [0.1, 0.15) is 12.1 Å². The molecule has 2 N–H and O–H groups in total. The van der Waals surface area contributed by atoms with Gasteiger partial charge < -0.3 is 5.73 Å². The van der Waals surface area contributed by atoms with E-state index in [0.717, 1.165) is 11.4 Å². The van der Waals surface area contributed by atoms with Gasteiger partial charge in [-0.3, -0.25) is 14.0 Å². The van der Waals surface area contributed by atoms with Gasteiger partial charge in [0.15, 0.2) is 5.69 Å². The molecule has 104 valence electrons. The minimum atomic E-state index is -0.594. The molecule has 7 heteroatoms. The summed E-state index contributed by atoms with van der Waals surface area (Å²) in [5.41, 5.74) is 8.42. The average Bonchev–Trinajstić information content (AvgIpc) is 3.04. The molecule has 1 aliphatic heterocycles. The fourth-order valence-electron chi connectivity index (χ4n) is 2.69. The van der Waals surface area contributed by atoms with E-state index in [0.29, 0.717) is 17.8 Å². The number of primary amides is 1. The van der Waals surface area contributed by atoms with E-state index in [-0.39, 0.29) is 11.5 Å². The molecule has 3 aromatic rings. The highest BCUT2D eigenvalue weighted by Crippen LogP contribution is 2.32. The third kappa shape index (κ3) is 1.60. The van der Waals surface area contributed by atoms with E-state index in [1.165, 1.54) is 18.5 Å². The summed E-state index contributed by atoms with van der Waals surface area (Å²) in [4.78, 5) is 15.6. The monoisotopic (exact) mass is 283 g/mol. The van der Waals surface area contributed by atoms with Crippen LogP contribution in [0.1, 0.15) is 16.2 Å². The summed E-state index contributed by atoms with van der Waals surface area (Å²) in [5, 5.41) is 4.23. The first-order chi connectivity index (χ1) is 10.1. The number of fused-ring (bicyclic) bond motifs is 5. The highest BCUT2D eigenvalue weighted by molar-refractivity contribution is 5.92. The molecule has 0 atom stereocenters. The van der Waals surface area contributed by atoms with Crippen LogP contribution in [0.2, 0.25) is 0 Å². The number of nitrogens with zero attached hydrogens (tertiary/aromatic N) is 4. The van der Waals surface area contributed by atoms with E-state index in [9.17, 15) is 9.18 Å². The minimum Gasteiger partial charge on any atom is -0.364 e. The third-order valence-corrected chi connectivity index (χ3v) is 3.61. The predicted octanol–water partition coefficient (Wildman–Crippen LogP) is 1.34. The van der Waals surface area contributed by atoms with Gasteiger partial charge in [0.05, 0.1) is 23.6 Å². The van der Waals surface area contributed by atoms with Crippen LogP contribution in [-0.4, -0.2) is 25.2 Å². The molecule has 2 aromatic heterocycles. The van der Waals surface area contributed by atoms with Gasteiger partial charge in [0, 0.05) is 11.8 Å². The van der Waals surface area contributed by atoms with Crippen molar-refractivity contribution in [1.82, 2.24) is 19.3 Å². The second-order valence-electron chi connectivity index (χ2n) is 4.81. The molecule has 0 bridgehead atoms. The molecular weight excluding hydrogens is 273 g/mol. The zero-order chi connectivity index (χ0) is 14.6. The van der Waals surface area contributed by atoms with Crippen LogP contribution in [0.3, 0.4) is 0 Å². The fraction of sp³-hybridized carbons (Fsp3) is 0.0714. The first kappa shape index (κ1) is 11.8. The lowest BCUT2D eigenvalue weighted by molar-refractivity contribution is 0.0995. The molecule has 1 aromatic carbocycles. The van der Waals surface area contributed by atoms with Gasteiger partial charge in [-0.05, 0) is 24.3 Å². The Kier molecular flexibility index (Phi) is 2.26. The van der Waals surface area contributed by atoms with Crippen molar-refractivity contribution in [3.05, 3.63) is 54.0 Å². The van der Waals surface area contributed by atoms with Crippen LogP contribution in [0.4, 0.5) is 4.39 Å². The van der Waals surface area contributed by atoms with Gasteiger partial charge in [-0.15, -0.1) is 0 Å². The van der Waals surface area contributed by atoms with Crippen molar-refractivity contribution in [2.75, 3.05) is 0 Å². The molecule has 6 nitrogen and oxygen atoms in total. The molecule has 1 aliphatic rings. The van der Waals surface area contributed by atoms with Crippen molar-refractivity contribution < 1.29 is 9.18 Å². The van der Waals surface area contributed by atoms with Crippen molar-refractivity contribution >= 4 is 5.91 Å². The molecule has 0 saturated carbocycles. The maximum absolute atomic E-state index is 13.6. The summed E-state index contributed by atoms with van der Waals surface area (Å²) >= 11 is 0. The number of hydrogen-bond acceptors (Lipinski definition) is 3. The van der Waals surface area contributed by atoms with Gasteiger partial charge in [-0.2, -0.15) is 5.10 Å². The number of carbonyl (C=O) groups excluding carboxylic acids is 1. The highest BCUT2D eigenvalue weighted by atomic mass is 19.1. The summed E-state index contributed by atoms with van der Waals surface area (Å²) in [6, 6.07) is 6.28. The molecule has 0 unspecified atom stereocenters. The Bertz CT molecular complexity index is 879. The fourth-order valence-corrected chi connectivity index (χ4v) is 2.69. The summed E-state index contributed by atoms with van der Waals surface area (Å²) in [6.45, 7) is 0.344.